The Balaban J connectivity index is 2.32. The molecule has 0 aromatic heterocycles. The van der Waals surface area contributed by atoms with Crippen LogP contribution in [-0.4, -0.2) is 12.1 Å². The van der Waals surface area contributed by atoms with Gasteiger partial charge in [0, 0.05) is 17.5 Å². The lowest BCUT2D eigenvalue weighted by atomic mass is 10.2. The molecule has 0 aromatic carbocycles. The lowest BCUT2D eigenvalue weighted by Crippen LogP contribution is -2.32. The second kappa shape index (κ2) is 0.305. The summed E-state index contributed by atoms with van der Waals surface area (Å²) in [6.45, 7) is 1.34. The molecule has 0 bridgehead atoms. The van der Waals surface area contributed by atoms with Crippen LogP contribution in [0.5, 0.6) is 0 Å². The molecule has 0 aromatic rings. The van der Waals surface area contributed by atoms with E-state index in [1.54, 1.807) is 0 Å². The van der Waals surface area contributed by atoms with Crippen LogP contribution < -0.4 is 5.32 Å². The fourth-order valence-corrected chi connectivity index (χ4v) is 1.85. The maximum atomic E-state index is 3.42. The molecule has 0 amide bonds. The number of nitrogens with one attached hydrogen (secondary N) is 1. The summed E-state index contributed by atoms with van der Waals surface area (Å²) in [6.07, 6.45) is 3.03. The molecule has 3 rings (SSSR count). The fraction of sp³-hybridized carbons (Fsp3) is 1.00. The van der Waals surface area contributed by atoms with Gasteiger partial charge in [0.05, 0.1) is 0 Å². The van der Waals surface area contributed by atoms with Gasteiger partial charge in [0.1, 0.15) is 0 Å². The number of hydrogen-bond acceptors (Lipinski definition) is 1. The standard InChI is InChI=1S/C5H7N/c1-4-2-5(1,4)6-3-4/h6H,1-3H2. The Labute approximate surface area is 36.7 Å². The predicted molar refractivity (Wildman–Crippen MR) is 22.4 cm³/mol. The second-order valence-electron chi connectivity index (χ2n) is 3.07. The summed E-state index contributed by atoms with van der Waals surface area (Å²) in [5, 5.41) is 3.42. The van der Waals surface area contributed by atoms with Crippen LogP contribution in [0.25, 0.3) is 0 Å². The molecule has 3 aliphatic rings. The van der Waals surface area contributed by atoms with Crippen molar-refractivity contribution in [1.29, 1.82) is 0 Å². The highest BCUT2D eigenvalue weighted by molar-refractivity contribution is 5.45. The molecule has 0 atom stereocenters. The zero-order valence-electron chi connectivity index (χ0n) is 3.62. The zero-order valence-corrected chi connectivity index (χ0v) is 3.62. The van der Waals surface area contributed by atoms with Crippen molar-refractivity contribution in [3.05, 3.63) is 0 Å². The molecule has 1 nitrogen and oxygen atoms in total. The van der Waals surface area contributed by atoms with Gasteiger partial charge in [-0.2, -0.15) is 0 Å². The molecule has 3 fully saturated rings. The van der Waals surface area contributed by atoms with E-state index in [9.17, 15) is 0 Å². The Bertz CT molecular complexity index is 96.9. The average molecular weight is 81.1 g/mol. The van der Waals surface area contributed by atoms with Gasteiger partial charge in [-0.15, -0.1) is 0 Å². The first-order valence-corrected chi connectivity index (χ1v) is 2.62. The quantitative estimate of drug-likeness (QED) is 0.437. The molecule has 1 aliphatic heterocycles. The van der Waals surface area contributed by atoms with Gasteiger partial charge in [-0.05, 0) is 12.8 Å². The largest absolute Gasteiger partial charge is 0.310 e. The first-order chi connectivity index (χ1) is 2.87. The van der Waals surface area contributed by atoms with Crippen LogP contribution >= 0.6 is 0 Å². The third-order valence-electron chi connectivity index (χ3n) is 2.81. The summed E-state index contributed by atoms with van der Waals surface area (Å²) < 4.78 is 0. The normalized spacial score (nSPS) is 80.0. The molecule has 0 radical (unpaired) electrons. The minimum Gasteiger partial charge on any atom is -0.310 e. The number of rotatable bonds is 0. The molecule has 2 saturated carbocycles. The fourth-order valence-electron chi connectivity index (χ4n) is 1.85. The van der Waals surface area contributed by atoms with E-state index >= 15 is 0 Å². The van der Waals surface area contributed by atoms with Crippen LogP contribution in [-0.2, 0) is 0 Å². The first-order valence-electron chi connectivity index (χ1n) is 2.62. The molecule has 0 unspecified atom stereocenters. The zero-order chi connectivity index (χ0) is 3.83. The van der Waals surface area contributed by atoms with Gasteiger partial charge < -0.3 is 5.32 Å². The lowest BCUT2D eigenvalue weighted by molar-refractivity contribution is 0.505. The van der Waals surface area contributed by atoms with Crippen LogP contribution in [0.4, 0.5) is 0 Å². The Hall–Kier alpha value is -0.0400. The van der Waals surface area contributed by atoms with E-state index < -0.39 is 0 Å². The van der Waals surface area contributed by atoms with Crippen molar-refractivity contribution in [2.75, 3.05) is 6.54 Å². The lowest BCUT2D eigenvalue weighted by Gasteiger charge is -2.08. The average Bonchev–Trinajstić information content (AvgIpc) is 1.73. The molecule has 1 heterocycles. The van der Waals surface area contributed by atoms with E-state index in [0.717, 1.165) is 11.0 Å². The van der Waals surface area contributed by atoms with E-state index in [-0.39, 0.29) is 0 Å². The maximum absolute atomic E-state index is 3.42. The van der Waals surface area contributed by atoms with Crippen molar-refractivity contribution in [3.63, 3.8) is 0 Å². The van der Waals surface area contributed by atoms with Gasteiger partial charge in [-0.3, -0.25) is 0 Å². The Morgan fingerprint density at radius 3 is 2.00 bits per heavy atom. The summed E-state index contributed by atoms with van der Waals surface area (Å²) in [6, 6.07) is 0. The molecule has 6 heavy (non-hydrogen) atoms. The summed E-state index contributed by atoms with van der Waals surface area (Å²) in [7, 11) is 0. The predicted octanol–water partition coefficient (Wildman–Crippen LogP) is 0.122. The second-order valence-corrected chi connectivity index (χ2v) is 3.07. The van der Waals surface area contributed by atoms with E-state index in [0.29, 0.717) is 0 Å². The monoisotopic (exact) mass is 81.1 g/mol. The summed E-state index contributed by atoms with van der Waals surface area (Å²) in [4.78, 5) is 0. The van der Waals surface area contributed by atoms with Crippen molar-refractivity contribution in [1.82, 2.24) is 5.32 Å². The van der Waals surface area contributed by atoms with Crippen molar-refractivity contribution in [3.8, 4) is 0 Å². The highest BCUT2D eigenvalue weighted by Crippen LogP contribution is 2.83. The SMILES string of the molecule is C1NC23CC12C3. The van der Waals surface area contributed by atoms with Gasteiger partial charge in [0.25, 0.3) is 0 Å². The summed E-state index contributed by atoms with van der Waals surface area (Å²) in [5.41, 5.74) is 1.71. The van der Waals surface area contributed by atoms with E-state index in [4.69, 9.17) is 0 Å². The molecule has 1 heteroatoms. The molecule has 32 valence electrons. The molecule has 2 aliphatic carbocycles. The van der Waals surface area contributed by atoms with E-state index in [1.807, 2.05) is 0 Å². The van der Waals surface area contributed by atoms with Crippen LogP contribution in [0.3, 0.4) is 0 Å². The van der Waals surface area contributed by atoms with Gasteiger partial charge in [-0.25, -0.2) is 0 Å². The minimum absolute atomic E-state index is 0.785. The van der Waals surface area contributed by atoms with Crippen molar-refractivity contribution in [2.24, 2.45) is 5.41 Å². The third-order valence-corrected chi connectivity index (χ3v) is 2.81. The Morgan fingerprint density at radius 2 is 2.00 bits per heavy atom. The number of hydrogen-bond donors (Lipinski definition) is 1. The third kappa shape index (κ3) is 0.0604. The van der Waals surface area contributed by atoms with Crippen molar-refractivity contribution >= 4 is 0 Å². The van der Waals surface area contributed by atoms with Crippen molar-refractivity contribution in [2.45, 2.75) is 18.4 Å². The Morgan fingerprint density at radius 1 is 1.33 bits per heavy atom. The van der Waals surface area contributed by atoms with Crippen LogP contribution in [0.2, 0.25) is 0 Å². The Kier molecular flexibility index (Phi) is 0.118. The molecule has 1 N–H and O–H groups in total. The van der Waals surface area contributed by atoms with E-state index in [1.165, 1.54) is 19.4 Å². The summed E-state index contributed by atoms with van der Waals surface area (Å²) >= 11 is 0. The van der Waals surface area contributed by atoms with Crippen molar-refractivity contribution < 1.29 is 0 Å². The highest BCUT2D eigenvalue weighted by Gasteiger charge is 2.88. The molecule has 1 saturated heterocycles. The van der Waals surface area contributed by atoms with Crippen LogP contribution in [0, 0.1) is 5.41 Å². The molecular formula is C5H7N. The topological polar surface area (TPSA) is 12.0 Å². The van der Waals surface area contributed by atoms with Gasteiger partial charge in [0.15, 0.2) is 0 Å². The summed E-state index contributed by atoms with van der Waals surface area (Å²) in [5.74, 6) is 0. The van der Waals surface area contributed by atoms with Gasteiger partial charge in [0.2, 0.25) is 0 Å². The smallest absolute Gasteiger partial charge is 0.0264 e. The minimum atomic E-state index is 0.785. The first kappa shape index (κ1) is 2.31. The maximum Gasteiger partial charge on any atom is 0.0264 e. The van der Waals surface area contributed by atoms with E-state index in [2.05, 4.69) is 5.32 Å². The molecule has 0 spiro atoms. The van der Waals surface area contributed by atoms with Crippen LogP contribution in [0.15, 0.2) is 0 Å². The van der Waals surface area contributed by atoms with Gasteiger partial charge in [-0.1, -0.05) is 0 Å². The van der Waals surface area contributed by atoms with Gasteiger partial charge >= 0.3 is 0 Å². The molecular weight excluding hydrogens is 74.1 g/mol. The highest BCUT2D eigenvalue weighted by atomic mass is 15.3. The van der Waals surface area contributed by atoms with Crippen LogP contribution in [0.1, 0.15) is 12.8 Å².